The molecule has 0 bridgehead atoms. The maximum Gasteiger partial charge on any atom is 0.254 e. The summed E-state index contributed by atoms with van der Waals surface area (Å²) >= 11 is 0. The summed E-state index contributed by atoms with van der Waals surface area (Å²) in [5, 5.41) is 21.0. The maximum absolute atomic E-state index is 12.6. The molecule has 4 N–H and O–H groups in total. The smallest absolute Gasteiger partial charge is 0.254 e. The molecule has 1 amide bonds. The molecule has 0 spiro atoms. The summed E-state index contributed by atoms with van der Waals surface area (Å²) in [4.78, 5) is 14.3. The first kappa shape index (κ1) is 15.3. The molecule has 1 aliphatic rings. The molecule has 1 aliphatic heterocycles. The predicted molar refractivity (Wildman–Crippen MR) is 79.3 cm³/mol. The van der Waals surface area contributed by atoms with E-state index in [0.29, 0.717) is 17.7 Å². The van der Waals surface area contributed by atoms with Gasteiger partial charge in [-0.3, -0.25) is 4.79 Å². The van der Waals surface area contributed by atoms with Crippen LogP contribution in [0.5, 0.6) is 0 Å². The van der Waals surface area contributed by atoms with Crippen LogP contribution in [0, 0.1) is 0 Å². The van der Waals surface area contributed by atoms with E-state index >= 15 is 0 Å². The lowest BCUT2D eigenvalue weighted by Crippen LogP contribution is -2.42. The van der Waals surface area contributed by atoms with E-state index in [-0.39, 0.29) is 24.4 Å². The van der Waals surface area contributed by atoms with Gasteiger partial charge >= 0.3 is 0 Å². The zero-order valence-corrected chi connectivity index (χ0v) is 11.9. The van der Waals surface area contributed by atoms with E-state index < -0.39 is 0 Å². The fraction of sp³-hybridized carbons (Fsp3) is 0.467. The van der Waals surface area contributed by atoms with Crippen LogP contribution in [0.15, 0.2) is 29.4 Å². The second-order valence-corrected chi connectivity index (χ2v) is 5.25. The van der Waals surface area contributed by atoms with Gasteiger partial charge in [-0.2, -0.15) is 0 Å². The molecule has 1 atom stereocenters. The molecule has 6 nitrogen and oxygen atoms in total. The Morgan fingerprint density at radius 1 is 1.24 bits per heavy atom. The Morgan fingerprint density at radius 2 is 1.90 bits per heavy atom. The number of amidine groups is 1. The van der Waals surface area contributed by atoms with Crippen LogP contribution in [0.25, 0.3) is 0 Å². The first-order valence-electron chi connectivity index (χ1n) is 7.17. The van der Waals surface area contributed by atoms with Crippen LogP contribution in [-0.4, -0.2) is 46.1 Å². The highest BCUT2D eigenvalue weighted by Crippen LogP contribution is 2.19. The highest BCUT2D eigenvalue weighted by atomic mass is 16.4. The largest absolute Gasteiger partial charge is 0.409 e. The van der Waals surface area contributed by atoms with Crippen molar-refractivity contribution in [3.8, 4) is 0 Å². The van der Waals surface area contributed by atoms with Crippen LogP contribution in [-0.2, 0) is 0 Å². The van der Waals surface area contributed by atoms with E-state index in [9.17, 15) is 9.90 Å². The van der Waals surface area contributed by atoms with Crippen LogP contribution < -0.4 is 5.73 Å². The molecule has 1 aromatic carbocycles. The van der Waals surface area contributed by atoms with Crippen LogP contribution >= 0.6 is 0 Å². The molecule has 0 aromatic heterocycles. The Hall–Kier alpha value is -2.08. The second kappa shape index (κ2) is 7.08. The van der Waals surface area contributed by atoms with E-state index in [1.54, 1.807) is 29.2 Å². The fourth-order valence-electron chi connectivity index (χ4n) is 2.64. The zero-order valence-electron chi connectivity index (χ0n) is 11.9. The van der Waals surface area contributed by atoms with Crippen molar-refractivity contribution >= 4 is 11.7 Å². The van der Waals surface area contributed by atoms with Gasteiger partial charge in [0, 0.05) is 17.7 Å². The number of benzene rings is 1. The number of aliphatic hydroxyl groups is 1. The van der Waals surface area contributed by atoms with Crippen molar-refractivity contribution in [1.82, 2.24) is 4.90 Å². The number of hydrogen-bond acceptors (Lipinski definition) is 4. The van der Waals surface area contributed by atoms with Gasteiger partial charge < -0.3 is 20.9 Å². The zero-order chi connectivity index (χ0) is 15.2. The number of amides is 1. The van der Waals surface area contributed by atoms with Crippen molar-refractivity contribution in [3.05, 3.63) is 35.4 Å². The molecule has 2 rings (SSSR count). The third-order valence-electron chi connectivity index (χ3n) is 3.88. The predicted octanol–water partition coefficient (Wildman–Crippen LogP) is 1.16. The van der Waals surface area contributed by atoms with Crippen molar-refractivity contribution in [2.75, 3.05) is 13.2 Å². The van der Waals surface area contributed by atoms with Crippen molar-refractivity contribution in [2.45, 2.75) is 31.7 Å². The minimum absolute atomic E-state index is 0.00601. The van der Waals surface area contributed by atoms with Gasteiger partial charge in [0.25, 0.3) is 5.91 Å². The lowest BCUT2D eigenvalue weighted by Gasteiger charge is -2.28. The Labute approximate surface area is 123 Å². The average molecular weight is 291 g/mol. The van der Waals surface area contributed by atoms with E-state index in [0.717, 1.165) is 25.7 Å². The Bertz CT molecular complexity index is 513. The third-order valence-corrected chi connectivity index (χ3v) is 3.88. The molecule has 0 aliphatic carbocycles. The van der Waals surface area contributed by atoms with Crippen LogP contribution in [0.4, 0.5) is 0 Å². The molecule has 114 valence electrons. The monoisotopic (exact) mass is 291 g/mol. The van der Waals surface area contributed by atoms with Gasteiger partial charge in [0.05, 0.1) is 12.6 Å². The first-order valence-corrected chi connectivity index (χ1v) is 7.17. The summed E-state index contributed by atoms with van der Waals surface area (Å²) in [5.41, 5.74) is 6.60. The minimum atomic E-state index is -0.108. The average Bonchev–Trinajstić information content (AvgIpc) is 2.78. The van der Waals surface area contributed by atoms with Gasteiger partial charge in [-0.1, -0.05) is 30.1 Å². The Balaban J connectivity index is 2.18. The molecule has 1 saturated heterocycles. The molecule has 1 heterocycles. The van der Waals surface area contributed by atoms with Gasteiger partial charge in [-0.05, 0) is 25.0 Å². The highest BCUT2D eigenvalue weighted by Gasteiger charge is 2.25. The molecular formula is C15H21N3O3. The summed E-state index contributed by atoms with van der Waals surface area (Å²) in [6.07, 6.45) is 3.93. The molecule has 1 fully saturated rings. The van der Waals surface area contributed by atoms with E-state index in [4.69, 9.17) is 10.9 Å². The fourth-order valence-corrected chi connectivity index (χ4v) is 2.64. The van der Waals surface area contributed by atoms with Gasteiger partial charge in [-0.15, -0.1) is 0 Å². The second-order valence-electron chi connectivity index (χ2n) is 5.25. The van der Waals surface area contributed by atoms with Crippen LogP contribution in [0.3, 0.4) is 0 Å². The van der Waals surface area contributed by atoms with Crippen molar-refractivity contribution in [2.24, 2.45) is 10.9 Å². The van der Waals surface area contributed by atoms with Gasteiger partial charge in [0.1, 0.15) is 0 Å². The number of likely N-dealkylation sites (tertiary alicyclic amines) is 1. The topological polar surface area (TPSA) is 99.2 Å². The Kier molecular flexibility index (Phi) is 5.16. The van der Waals surface area contributed by atoms with E-state index in [2.05, 4.69) is 5.16 Å². The SMILES string of the molecule is N/C(=N/O)c1ccc(C(=O)N2CCCCCC2CO)cc1. The normalized spacial score (nSPS) is 20.1. The number of hydrogen-bond donors (Lipinski definition) is 3. The van der Waals surface area contributed by atoms with Gasteiger partial charge in [0.15, 0.2) is 5.84 Å². The molecule has 0 saturated carbocycles. The number of nitrogens with zero attached hydrogens (tertiary/aromatic N) is 2. The van der Waals surface area contributed by atoms with Crippen LogP contribution in [0.1, 0.15) is 41.6 Å². The van der Waals surface area contributed by atoms with Crippen molar-refractivity contribution in [1.29, 1.82) is 0 Å². The molecule has 0 radical (unpaired) electrons. The standard InChI is InChI=1S/C15H21N3O3/c16-14(17-21)11-5-7-12(8-6-11)15(20)18-9-3-1-2-4-13(18)10-19/h5-8,13,19,21H,1-4,9-10H2,(H2,16,17). The van der Waals surface area contributed by atoms with Crippen LogP contribution in [0.2, 0.25) is 0 Å². The quantitative estimate of drug-likeness (QED) is 0.337. The first-order chi connectivity index (χ1) is 10.2. The molecule has 1 unspecified atom stereocenters. The molecule has 6 heteroatoms. The minimum Gasteiger partial charge on any atom is -0.409 e. The third kappa shape index (κ3) is 3.52. The number of carbonyl (C=O) groups is 1. The van der Waals surface area contributed by atoms with Gasteiger partial charge in [-0.25, -0.2) is 0 Å². The molecular weight excluding hydrogens is 270 g/mol. The summed E-state index contributed by atoms with van der Waals surface area (Å²) in [6.45, 7) is 0.667. The van der Waals surface area contributed by atoms with Gasteiger partial charge in [0.2, 0.25) is 0 Å². The van der Waals surface area contributed by atoms with E-state index in [1.807, 2.05) is 0 Å². The summed E-state index contributed by atoms with van der Waals surface area (Å²) < 4.78 is 0. The van der Waals surface area contributed by atoms with Crippen molar-refractivity contribution < 1.29 is 15.1 Å². The highest BCUT2D eigenvalue weighted by molar-refractivity contribution is 5.99. The molecule has 1 aromatic rings. The van der Waals surface area contributed by atoms with Crippen molar-refractivity contribution in [3.63, 3.8) is 0 Å². The lowest BCUT2D eigenvalue weighted by atomic mass is 10.1. The number of carbonyl (C=O) groups excluding carboxylic acids is 1. The molecule has 21 heavy (non-hydrogen) atoms. The number of rotatable bonds is 3. The summed E-state index contributed by atoms with van der Waals surface area (Å²) in [5.74, 6) is -0.0704. The number of nitrogens with two attached hydrogens (primary N) is 1. The summed E-state index contributed by atoms with van der Waals surface area (Å²) in [7, 11) is 0. The lowest BCUT2D eigenvalue weighted by molar-refractivity contribution is 0.0600. The summed E-state index contributed by atoms with van der Waals surface area (Å²) in [6, 6.07) is 6.51. The number of oxime groups is 1. The van der Waals surface area contributed by atoms with E-state index in [1.165, 1.54) is 0 Å². The maximum atomic E-state index is 12.6. The Morgan fingerprint density at radius 3 is 2.52 bits per heavy atom. The number of aliphatic hydroxyl groups excluding tert-OH is 1.